The van der Waals surface area contributed by atoms with E-state index in [9.17, 15) is 4.79 Å². The van der Waals surface area contributed by atoms with Crippen LogP contribution in [0.25, 0.3) is 0 Å². The Kier molecular flexibility index (Phi) is 5.47. The zero-order valence-electron chi connectivity index (χ0n) is 15.9. The van der Waals surface area contributed by atoms with Gasteiger partial charge in [-0.15, -0.1) is 0 Å². The minimum absolute atomic E-state index is 0.130. The number of rotatable bonds is 6. The van der Waals surface area contributed by atoms with Gasteiger partial charge in [0.15, 0.2) is 0 Å². The molecule has 0 aliphatic carbocycles. The number of nitrogens with zero attached hydrogens (tertiary/aromatic N) is 2. The number of para-hydroxylation sites is 1. The molecule has 1 heterocycles. The summed E-state index contributed by atoms with van der Waals surface area (Å²) in [5.41, 5.74) is 3.31. The van der Waals surface area contributed by atoms with Crippen molar-refractivity contribution in [1.82, 2.24) is 4.90 Å². The zero-order valence-corrected chi connectivity index (χ0v) is 15.9. The molecule has 0 N–H and O–H groups in total. The van der Waals surface area contributed by atoms with Crippen molar-refractivity contribution < 1.29 is 14.3 Å². The molecular formula is C21H26N2O3. The molecule has 1 amide bonds. The lowest BCUT2D eigenvalue weighted by Crippen LogP contribution is -2.45. The van der Waals surface area contributed by atoms with Crippen molar-refractivity contribution in [3.05, 3.63) is 53.6 Å². The van der Waals surface area contributed by atoms with Crippen LogP contribution in [0.1, 0.15) is 18.1 Å². The molecule has 0 bridgehead atoms. The third kappa shape index (κ3) is 3.53. The van der Waals surface area contributed by atoms with E-state index in [0.29, 0.717) is 6.54 Å². The van der Waals surface area contributed by atoms with Crippen LogP contribution in [-0.2, 0) is 17.8 Å². The highest BCUT2D eigenvalue weighted by Crippen LogP contribution is 2.29. The van der Waals surface area contributed by atoms with Crippen molar-refractivity contribution in [2.24, 2.45) is 0 Å². The second kappa shape index (κ2) is 7.79. The van der Waals surface area contributed by atoms with E-state index >= 15 is 0 Å². The van der Waals surface area contributed by atoms with E-state index in [1.54, 1.807) is 14.2 Å². The Morgan fingerprint density at radius 1 is 1.19 bits per heavy atom. The Labute approximate surface area is 155 Å². The molecule has 1 aliphatic rings. The molecule has 0 spiro atoms. The number of carbonyl (C=O) groups excluding carboxylic acids is 1. The predicted molar refractivity (Wildman–Crippen MR) is 103 cm³/mol. The van der Waals surface area contributed by atoms with Crippen LogP contribution in [-0.4, -0.2) is 44.7 Å². The van der Waals surface area contributed by atoms with Crippen molar-refractivity contribution in [2.45, 2.75) is 25.9 Å². The van der Waals surface area contributed by atoms with Gasteiger partial charge in [0.2, 0.25) is 5.91 Å². The number of hydrogen-bond donors (Lipinski definition) is 0. The molecule has 2 aromatic rings. The maximum Gasteiger partial charge on any atom is 0.244 e. The highest BCUT2D eigenvalue weighted by molar-refractivity contribution is 5.98. The van der Waals surface area contributed by atoms with Crippen LogP contribution < -0.4 is 14.4 Å². The molecule has 2 aromatic carbocycles. The van der Waals surface area contributed by atoms with Gasteiger partial charge in [0.25, 0.3) is 0 Å². The Morgan fingerprint density at radius 2 is 1.96 bits per heavy atom. The molecule has 0 fully saturated rings. The second-order valence-electron chi connectivity index (χ2n) is 6.64. The van der Waals surface area contributed by atoms with E-state index in [4.69, 9.17) is 9.47 Å². The number of carbonyl (C=O) groups is 1. The van der Waals surface area contributed by atoms with E-state index in [2.05, 4.69) is 6.07 Å². The first-order valence-corrected chi connectivity index (χ1v) is 8.85. The van der Waals surface area contributed by atoms with Gasteiger partial charge in [-0.25, -0.2) is 0 Å². The van der Waals surface area contributed by atoms with Gasteiger partial charge in [0.05, 0.1) is 20.3 Å². The minimum atomic E-state index is -0.229. The summed E-state index contributed by atoms with van der Waals surface area (Å²) in [6.45, 7) is 3.33. The van der Waals surface area contributed by atoms with Crippen molar-refractivity contribution in [3.63, 3.8) is 0 Å². The average molecular weight is 354 g/mol. The van der Waals surface area contributed by atoms with Gasteiger partial charge in [-0.3, -0.25) is 9.69 Å². The molecule has 0 aromatic heterocycles. The Hall–Kier alpha value is -2.53. The number of ether oxygens (including phenoxy) is 2. The quantitative estimate of drug-likeness (QED) is 0.799. The fourth-order valence-corrected chi connectivity index (χ4v) is 3.37. The number of methoxy groups -OCH3 is 2. The zero-order chi connectivity index (χ0) is 18.7. The first-order chi connectivity index (χ1) is 12.5. The molecular weight excluding hydrogens is 328 g/mol. The largest absolute Gasteiger partial charge is 0.497 e. The van der Waals surface area contributed by atoms with Gasteiger partial charge in [-0.2, -0.15) is 0 Å². The lowest BCUT2D eigenvalue weighted by molar-refractivity contribution is -0.122. The van der Waals surface area contributed by atoms with Crippen molar-refractivity contribution in [1.29, 1.82) is 0 Å². The van der Waals surface area contributed by atoms with Gasteiger partial charge in [-0.05, 0) is 38.1 Å². The van der Waals surface area contributed by atoms with Crippen LogP contribution in [0.4, 0.5) is 5.69 Å². The van der Waals surface area contributed by atoms with E-state index in [1.807, 2.05) is 60.2 Å². The summed E-state index contributed by atoms with van der Waals surface area (Å²) in [5.74, 6) is 1.65. The summed E-state index contributed by atoms with van der Waals surface area (Å²) in [6.07, 6.45) is 0.921. The van der Waals surface area contributed by atoms with Gasteiger partial charge < -0.3 is 14.4 Å². The van der Waals surface area contributed by atoms with Crippen molar-refractivity contribution in [2.75, 3.05) is 32.7 Å². The predicted octanol–water partition coefficient (Wildman–Crippen LogP) is 3.11. The standard InChI is InChI=1S/C21H26N2O3/c1-15(21(24)23-12-11-16-7-5-6-8-19(16)23)22(2)14-17-9-10-18(25-3)13-20(17)26-4/h5-10,13,15H,11-12,14H2,1-4H3. The SMILES string of the molecule is COc1ccc(CN(C)C(C)C(=O)N2CCc3ccccc32)c(OC)c1. The topological polar surface area (TPSA) is 42.0 Å². The fourth-order valence-electron chi connectivity index (χ4n) is 3.37. The molecule has 5 nitrogen and oxygen atoms in total. The first-order valence-electron chi connectivity index (χ1n) is 8.85. The molecule has 138 valence electrons. The van der Waals surface area contributed by atoms with Crippen LogP contribution in [0.15, 0.2) is 42.5 Å². The monoisotopic (exact) mass is 354 g/mol. The lowest BCUT2D eigenvalue weighted by atomic mass is 10.1. The lowest BCUT2D eigenvalue weighted by Gasteiger charge is -2.29. The number of amides is 1. The van der Waals surface area contributed by atoms with Crippen LogP contribution in [0.2, 0.25) is 0 Å². The smallest absolute Gasteiger partial charge is 0.244 e. The molecule has 0 radical (unpaired) electrons. The number of fused-ring (bicyclic) bond motifs is 1. The summed E-state index contributed by atoms with van der Waals surface area (Å²) in [4.78, 5) is 17.0. The fraction of sp³-hybridized carbons (Fsp3) is 0.381. The summed E-state index contributed by atoms with van der Waals surface area (Å²) >= 11 is 0. The molecule has 5 heteroatoms. The van der Waals surface area contributed by atoms with Gasteiger partial charge in [-0.1, -0.05) is 24.3 Å². The molecule has 1 aliphatic heterocycles. The third-order valence-electron chi connectivity index (χ3n) is 5.09. The summed E-state index contributed by atoms with van der Waals surface area (Å²) in [7, 11) is 5.25. The van der Waals surface area contributed by atoms with Crippen LogP contribution >= 0.6 is 0 Å². The Morgan fingerprint density at radius 3 is 2.69 bits per heavy atom. The van der Waals surface area contributed by atoms with Crippen molar-refractivity contribution in [3.8, 4) is 11.5 Å². The highest BCUT2D eigenvalue weighted by atomic mass is 16.5. The summed E-state index contributed by atoms with van der Waals surface area (Å²) in [6, 6.07) is 13.7. The average Bonchev–Trinajstić information content (AvgIpc) is 3.11. The maximum atomic E-state index is 13.0. The molecule has 26 heavy (non-hydrogen) atoms. The van der Waals surface area contributed by atoms with Crippen LogP contribution in [0.3, 0.4) is 0 Å². The van der Waals surface area contributed by atoms with Gasteiger partial charge >= 0.3 is 0 Å². The third-order valence-corrected chi connectivity index (χ3v) is 5.09. The summed E-state index contributed by atoms with van der Waals surface area (Å²) < 4.78 is 10.7. The number of benzene rings is 2. The van der Waals surface area contributed by atoms with Gasteiger partial charge in [0, 0.05) is 30.4 Å². The van der Waals surface area contributed by atoms with Crippen LogP contribution in [0, 0.1) is 0 Å². The molecule has 0 saturated carbocycles. The first kappa shape index (κ1) is 18.3. The molecule has 0 saturated heterocycles. The van der Waals surface area contributed by atoms with E-state index < -0.39 is 0 Å². The highest BCUT2D eigenvalue weighted by Gasteiger charge is 2.29. The van der Waals surface area contributed by atoms with E-state index in [0.717, 1.165) is 35.7 Å². The second-order valence-corrected chi connectivity index (χ2v) is 6.64. The molecule has 1 unspecified atom stereocenters. The normalized spacial score (nSPS) is 14.3. The number of likely N-dealkylation sites (N-methyl/N-ethyl adjacent to an activating group) is 1. The number of anilines is 1. The van der Waals surface area contributed by atoms with E-state index in [1.165, 1.54) is 5.56 Å². The summed E-state index contributed by atoms with van der Waals surface area (Å²) in [5, 5.41) is 0. The van der Waals surface area contributed by atoms with E-state index in [-0.39, 0.29) is 11.9 Å². The van der Waals surface area contributed by atoms with Crippen LogP contribution in [0.5, 0.6) is 11.5 Å². The molecule has 1 atom stereocenters. The Balaban J connectivity index is 1.72. The minimum Gasteiger partial charge on any atom is -0.497 e. The van der Waals surface area contributed by atoms with Gasteiger partial charge in [0.1, 0.15) is 11.5 Å². The Bertz CT molecular complexity index is 791. The maximum absolute atomic E-state index is 13.0. The number of hydrogen-bond acceptors (Lipinski definition) is 4. The van der Waals surface area contributed by atoms with Crippen molar-refractivity contribution >= 4 is 11.6 Å². The molecule has 3 rings (SSSR count).